The van der Waals surface area contributed by atoms with Crippen molar-refractivity contribution in [1.82, 2.24) is 18.6 Å². The summed E-state index contributed by atoms with van der Waals surface area (Å²) in [6.07, 6.45) is 6.97. The van der Waals surface area contributed by atoms with Crippen LogP contribution in [0.25, 0.3) is 0 Å². The lowest BCUT2D eigenvalue weighted by Crippen LogP contribution is -2.19. The quantitative estimate of drug-likeness (QED) is 0.696. The summed E-state index contributed by atoms with van der Waals surface area (Å²) in [7, 11) is -8.56. The van der Waals surface area contributed by atoms with E-state index in [9.17, 15) is 18.9 Å². The van der Waals surface area contributed by atoms with Gasteiger partial charge in [-0.3, -0.25) is 8.68 Å². The Labute approximate surface area is 96.6 Å². The van der Waals surface area contributed by atoms with Gasteiger partial charge in [-0.25, -0.2) is 9.97 Å². The molecule has 10 heteroatoms. The Bertz CT molecular complexity index is 527. The summed E-state index contributed by atoms with van der Waals surface area (Å²) in [4.78, 5) is 30.6. The zero-order chi connectivity index (χ0) is 12.5. The van der Waals surface area contributed by atoms with Crippen molar-refractivity contribution < 1.29 is 18.9 Å². The van der Waals surface area contributed by atoms with Gasteiger partial charge in [-0.2, -0.15) is 0 Å². The van der Waals surface area contributed by atoms with E-state index in [1.165, 1.54) is 24.8 Å². The highest BCUT2D eigenvalue weighted by atomic mass is 31.2. The summed E-state index contributed by atoms with van der Waals surface area (Å²) in [5, 5.41) is 0. The van der Waals surface area contributed by atoms with Crippen molar-refractivity contribution in [2.75, 3.05) is 5.90 Å². The van der Waals surface area contributed by atoms with Gasteiger partial charge in [0.2, 0.25) is 0 Å². The molecule has 17 heavy (non-hydrogen) atoms. The van der Waals surface area contributed by atoms with Crippen molar-refractivity contribution in [2.24, 2.45) is 0 Å². The van der Waals surface area contributed by atoms with Crippen LogP contribution in [0, 0.1) is 0 Å². The van der Waals surface area contributed by atoms with Gasteiger partial charge >= 0.3 is 0 Å². The second-order valence-corrected chi connectivity index (χ2v) is 7.91. The van der Waals surface area contributed by atoms with E-state index in [1.54, 1.807) is 0 Å². The summed E-state index contributed by atoms with van der Waals surface area (Å²) in [6, 6.07) is 0. The van der Waals surface area contributed by atoms with Crippen LogP contribution in [0.1, 0.15) is 0 Å². The van der Waals surface area contributed by atoms with Gasteiger partial charge in [0.05, 0.1) is 18.6 Å². The van der Waals surface area contributed by atoms with Crippen LogP contribution in [0.2, 0.25) is 0 Å². The fraction of sp³-hybridized carbons (Fsp3) is 0.143. The Morgan fingerprint density at radius 3 is 1.65 bits per heavy atom. The predicted molar refractivity (Wildman–Crippen MR) is 55.3 cm³/mol. The molecule has 0 aromatic carbocycles. The number of aromatic nitrogens is 4. The van der Waals surface area contributed by atoms with E-state index < -0.39 is 20.9 Å². The van der Waals surface area contributed by atoms with Crippen LogP contribution in [0.15, 0.2) is 37.4 Å². The average molecular weight is 274 g/mol. The lowest BCUT2D eigenvalue weighted by atomic mass is 11.0. The fourth-order valence-electron chi connectivity index (χ4n) is 1.24. The standard InChI is InChI=1S/C7H10N4O4P2/c12-16(13,10-3-1-8-5-10)7-17(14,15)11-4-2-9-6-11/h1-6H,7H2,(H,12,13)(H,14,15)/p-2. The van der Waals surface area contributed by atoms with Crippen LogP contribution < -0.4 is 9.79 Å². The molecular formula is C7H8N4O4P2-2. The molecule has 8 nitrogen and oxygen atoms in total. The van der Waals surface area contributed by atoms with Gasteiger partial charge in [0.15, 0.2) is 0 Å². The molecule has 0 fully saturated rings. The van der Waals surface area contributed by atoms with E-state index in [1.807, 2.05) is 0 Å². The van der Waals surface area contributed by atoms with Crippen molar-refractivity contribution in [2.45, 2.75) is 0 Å². The van der Waals surface area contributed by atoms with Crippen molar-refractivity contribution in [3.63, 3.8) is 0 Å². The topological polar surface area (TPSA) is 116 Å². The SMILES string of the molecule is O=P([O-])(CP(=O)([O-])n1ccnc1)n1ccnc1. The number of imidazole rings is 2. The second kappa shape index (κ2) is 4.23. The van der Waals surface area contributed by atoms with E-state index in [0.717, 1.165) is 21.3 Å². The maximum absolute atomic E-state index is 11.7. The van der Waals surface area contributed by atoms with Gasteiger partial charge in [0.1, 0.15) is 15.0 Å². The molecule has 2 aromatic rings. The first-order valence-electron chi connectivity index (χ1n) is 4.50. The maximum atomic E-state index is 11.7. The molecule has 0 amide bonds. The van der Waals surface area contributed by atoms with Gasteiger partial charge in [-0.1, -0.05) is 0 Å². The van der Waals surface area contributed by atoms with E-state index in [4.69, 9.17) is 0 Å². The second-order valence-electron chi connectivity index (χ2n) is 3.30. The Morgan fingerprint density at radius 1 is 0.941 bits per heavy atom. The highest BCUT2D eigenvalue weighted by Crippen LogP contribution is 2.52. The minimum atomic E-state index is -4.28. The van der Waals surface area contributed by atoms with Gasteiger partial charge in [-0.15, -0.1) is 0 Å². The van der Waals surface area contributed by atoms with Crippen molar-refractivity contribution in [1.29, 1.82) is 0 Å². The molecule has 0 aliphatic heterocycles. The number of hydrogen-bond donors (Lipinski definition) is 0. The lowest BCUT2D eigenvalue weighted by Gasteiger charge is -2.32. The first kappa shape index (κ1) is 12.3. The molecule has 0 spiro atoms. The molecule has 0 radical (unpaired) electrons. The fourth-order valence-corrected chi connectivity index (χ4v) is 5.17. The summed E-state index contributed by atoms with van der Waals surface area (Å²) < 4.78 is 25.1. The number of hydrogen-bond acceptors (Lipinski definition) is 6. The molecule has 2 heterocycles. The van der Waals surface area contributed by atoms with Crippen LogP contribution in [0.4, 0.5) is 0 Å². The lowest BCUT2D eigenvalue weighted by molar-refractivity contribution is -0.185. The maximum Gasteiger partial charge on any atom is 0.116 e. The largest absolute Gasteiger partial charge is 0.783 e. The number of rotatable bonds is 4. The van der Waals surface area contributed by atoms with Crippen LogP contribution in [-0.2, 0) is 9.13 Å². The number of nitrogens with zero attached hydrogens (tertiary/aromatic N) is 4. The molecule has 92 valence electrons. The third-order valence-electron chi connectivity index (χ3n) is 2.04. The molecule has 0 aliphatic rings. The van der Waals surface area contributed by atoms with Crippen molar-refractivity contribution in [3.05, 3.63) is 37.4 Å². The minimum absolute atomic E-state index is 0.786. The molecule has 0 N–H and O–H groups in total. The molecule has 2 rings (SSSR count). The Balaban J connectivity index is 2.28. The normalized spacial score (nSPS) is 18.5. The zero-order valence-electron chi connectivity index (χ0n) is 8.49. The van der Waals surface area contributed by atoms with Gasteiger partial charge in [0, 0.05) is 24.8 Å². The van der Waals surface area contributed by atoms with E-state index in [2.05, 4.69) is 9.97 Å². The van der Waals surface area contributed by atoms with Gasteiger partial charge in [-0.05, 0) is 0 Å². The smallest absolute Gasteiger partial charge is 0.116 e. The van der Waals surface area contributed by atoms with Gasteiger partial charge < -0.3 is 18.9 Å². The highest BCUT2D eigenvalue weighted by molar-refractivity contribution is 7.72. The molecular weight excluding hydrogens is 266 g/mol. The summed E-state index contributed by atoms with van der Waals surface area (Å²) >= 11 is 0. The van der Waals surface area contributed by atoms with Crippen LogP contribution in [0.3, 0.4) is 0 Å². The van der Waals surface area contributed by atoms with Crippen molar-refractivity contribution >= 4 is 15.0 Å². The third-order valence-corrected chi connectivity index (χ3v) is 6.78. The Morgan fingerprint density at radius 2 is 1.35 bits per heavy atom. The molecule has 0 saturated heterocycles. The monoisotopic (exact) mass is 274 g/mol. The molecule has 0 bridgehead atoms. The van der Waals surface area contributed by atoms with Crippen LogP contribution in [0.5, 0.6) is 0 Å². The molecule has 0 aliphatic carbocycles. The van der Waals surface area contributed by atoms with E-state index >= 15 is 0 Å². The molecule has 2 aromatic heterocycles. The van der Waals surface area contributed by atoms with Crippen molar-refractivity contribution in [3.8, 4) is 0 Å². The summed E-state index contributed by atoms with van der Waals surface area (Å²) in [6.45, 7) is 0. The predicted octanol–water partition coefficient (Wildman–Crippen LogP) is -0.460. The summed E-state index contributed by atoms with van der Waals surface area (Å²) in [5.74, 6) is -0.993. The third kappa shape index (κ3) is 2.56. The highest BCUT2D eigenvalue weighted by Gasteiger charge is 2.20. The molecule has 0 saturated carbocycles. The summed E-state index contributed by atoms with van der Waals surface area (Å²) in [5.41, 5.74) is 0. The van der Waals surface area contributed by atoms with E-state index in [0.29, 0.717) is 0 Å². The first-order valence-corrected chi connectivity index (χ1v) is 8.02. The van der Waals surface area contributed by atoms with Crippen LogP contribution in [-0.4, -0.2) is 24.5 Å². The minimum Gasteiger partial charge on any atom is -0.783 e. The zero-order valence-corrected chi connectivity index (χ0v) is 10.3. The Kier molecular flexibility index (Phi) is 3.05. The van der Waals surface area contributed by atoms with Crippen LogP contribution >= 0.6 is 15.0 Å². The molecule has 2 unspecified atom stereocenters. The molecule has 2 atom stereocenters. The first-order chi connectivity index (χ1) is 7.92. The van der Waals surface area contributed by atoms with E-state index in [-0.39, 0.29) is 0 Å². The Hall–Kier alpha value is -1.20. The average Bonchev–Trinajstić information content (AvgIpc) is 2.91. The van der Waals surface area contributed by atoms with Gasteiger partial charge in [0.25, 0.3) is 0 Å².